The third-order valence-electron chi connectivity index (χ3n) is 5.36. The number of likely N-dealkylation sites (tertiary alicyclic amines) is 1. The molecule has 0 atom stereocenters. The van der Waals surface area contributed by atoms with Crippen LogP contribution in [0.1, 0.15) is 29.1 Å². The molecule has 3 aromatic rings. The van der Waals surface area contributed by atoms with Crippen molar-refractivity contribution in [2.75, 3.05) is 24.6 Å². The molecular formula is C21H20N4O6S. The zero-order valence-corrected chi connectivity index (χ0v) is 18.0. The monoisotopic (exact) mass is 456 g/mol. The van der Waals surface area contributed by atoms with Crippen LogP contribution in [-0.2, 0) is 10.0 Å². The molecule has 1 saturated heterocycles. The summed E-state index contributed by atoms with van der Waals surface area (Å²) in [7, 11) is -3.92. The number of benzene rings is 2. The van der Waals surface area contributed by atoms with Gasteiger partial charge >= 0.3 is 11.8 Å². The van der Waals surface area contributed by atoms with E-state index < -0.39 is 10.0 Å². The summed E-state index contributed by atoms with van der Waals surface area (Å²) in [5.41, 5.74) is 1.31. The summed E-state index contributed by atoms with van der Waals surface area (Å²) in [5.74, 6) is 0.753. The molecule has 2 aliphatic heterocycles. The lowest BCUT2D eigenvalue weighted by Gasteiger charge is -2.12. The Morgan fingerprint density at radius 1 is 1.06 bits per heavy atom. The van der Waals surface area contributed by atoms with Gasteiger partial charge < -0.3 is 18.9 Å². The molecule has 0 aliphatic carbocycles. The standard InChI is InChI=1S/C21H20N4O6S/c1-13-4-5-14(19-22-20(31-23-19)21(26)25-8-2-3-9-25)10-18(13)32(27,28)24-15-6-7-16-17(11-15)30-12-29-16/h4-7,10-11,24H,2-3,8-9,12H2,1H3. The number of rotatable bonds is 5. The smallest absolute Gasteiger partial charge is 0.316 e. The van der Waals surface area contributed by atoms with Crippen LogP contribution in [-0.4, -0.2) is 49.2 Å². The summed E-state index contributed by atoms with van der Waals surface area (Å²) in [6.45, 7) is 3.11. The lowest BCUT2D eigenvalue weighted by atomic mass is 10.1. The van der Waals surface area contributed by atoms with Crippen LogP contribution in [0.5, 0.6) is 11.5 Å². The number of fused-ring (bicyclic) bond motifs is 1. The lowest BCUT2D eigenvalue weighted by molar-refractivity contribution is 0.0743. The highest BCUT2D eigenvalue weighted by Crippen LogP contribution is 2.35. The maximum Gasteiger partial charge on any atom is 0.316 e. The number of carbonyl (C=O) groups is 1. The average Bonchev–Trinajstić information content (AvgIpc) is 3.54. The molecular weight excluding hydrogens is 436 g/mol. The van der Waals surface area contributed by atoms with Crippen molar-refractivity contribution in [3.63, 3.8) is 0 Å². The first kappa shape index (κ1) is 20.3. The molecule has 0 saturated carbocycles. The molecule has 11 heteroatoms. The Balaban J connectivity index is 1.42. The van der Waals surface area contributed by atoms with Gasteiger partial charge in [0.15, 0.2) is 11.5 Å². The molecule has 2 aromatic carbocycles. The Bertz CT molecular complexity index is 1300. The number of anilines is 1. The molecule has 10 nitrogen and oxygen atoms in total. The van der Waals surface area contributed by atoms with Gasteiger partial charge in [-0.3, -0.25) is 9.52 Å². The van der Waals surface area contributed by atoms with E-state index in [4.69, 9.17) is 14.0 Å². The van der Waals surface area contributed by atoms with Gasteiger partial charge in [0.25, 0.3) is 10.0 Å². The van der Waals surface area contributed by atoms with Gasteiger partial charge in [0.1, 0.15) is 0 Å². The van der Waals surface area contributed by atoms with E-state index in [-0.39, 0.29) is 29.3 Å². The van der Waals surface area contributed by atoms with E-state index in [1.165, 1.54) is 6.07 Å². The van der Waals surface area contributed by atoms with Crippen molar-refractivity contribution in [1.82, 2.24) is 15.0 Å². The maximum absolute atomic E-state index is 13.1. The Morgan fingerprint density at radius 2 is 1.84 bits per heavy atom. The number of sulfonamides is 1. The third kappa shape index (κ3) is 3.75. The van der Waals surface area contributed by atoms with E-state index in [0.29, 0.717) is 41.4 Å². The van der Waals surface area contributed by atoms with Gasteiger partial charge in [0.2, 0.25) is 12.6 Å². The minimum Gasteiger partial charge on any atom is -0.454 e. The quantitative estimate of drug-likeness (QED) is 0.622. The van der Waals surface area contributed by atoms with Gasteiger partial charge in [-0.25, -0.2) is 8.42 Å². The molecule has 0 spiro atoms. The predicted octanol–water partition coefficient (Wildman–Crippen LogP) is 2.81. The van der Waals surface area contributed by atoms with E-state index in [1.54, 1.807) is 42.2 Å². The molecule has 3 heterocycles. The lowest BCUT2D eigenvalue weighted by Crippen LogP contribution is -2.27. The Labute approximate surface area is 184 Å². The summed E-state index contributed by atoms with van der Waals surface area (Å²) in [4.78, 5) is 18.4. The Morgan fingerprint density at radius 3 is 2.66 bits per heavy atom. The Kier molecular flexibility index (Phi) is 4.97. The van der Waals surface area contributed by atoms with E-state index in [9.17, 15) is 13.2 Å². The largest absolute Gasteiger partial charge is 0.454 e. The first-order valence-electron chi connectivity index (χ1n) is 10.1. The maximum atomic E-state index is 13.1. The predicted molar refractivity (Wildman–Crippen MR) is 113 cm³/mol. The van der Waals surface area contributed by atoms with E-state index in [0.717, 1.165) is 12.8 Å². The number of nitrogens with one attached hydrogen (secondary N) is 1. The molecule has 1 N–H and O–H groups in total. The summed E-state index contributed by atoms with van der Waals surface area (Å²) in [6.07, 6.45) is 1.89. The normalized spacial score (nSPS) is 15.2. The van der Waals surface area contributed by atoms with Crippen LogP contribution in [0, 0.1) is 6.92 Å². The van der Waals surface area contributed by atoms with E-state index >= 15 is 0 Å². The molecule has 0 bridgehead atoms. The second-order valence-corrected chi connectivity index (χ2v) is 9.23. The number of hydrogen-bond donors (Lipinski definition) is 1. The highest BCUT2D eigenvalue weighted by atomic mass is 32.2. The van der Waals surface area contributed by atoms with Crippen LogP contribution in [0.4, 0.5) is 5.69 Å². The number of aromatic nitrogens is 2. The first-order valence-corrected chi connectivity index (χ1v) is 11.6. The fourth-order valence-electron chi connectivity index (χ4n) is 3.68. The molecule has 1 fully saturated rings. The minimum atomic E-state index is -3.92. The minimum absolute atomic E-state index is 0.0601. The van der Waals surface area contributed by atoms with Crippen molar-refractivity contribution in [2.24, 2.45) is 0 Å². The van der Waals surface area contributed by atoms with Crippen molar-refractivity contribution >= 4 is 21.6 Å². The molecule has 32 heavy (non-hydrogen) atoms. The highest BCUT2D eigenvalue weighted by Gasteiger charge is 2.26. The van der Waals surface area contributed by atoms with Gasteiger partial charge in [0, 0.05) is 24.7 Å². The van der Waals surface area contributed by atoms with Crippen LogP contribution in [0.25, 0.3) is 11.4 Å². The number of ether oxygens (including phenoxy) is 2. The second-order valence-electron chi connectivity index (χ2n) is 7.58. The number of carbonyl (C=O) groups excluding carboxylic acids is 1. The van der Waals surface area contributed by atoms with Gasteiger partial charge in [-0.15, -0.1) is 0 Å². The number of hydrogen-bond acceptors (Lipinski definition) is 8. The highest BCUT2D eigenvalue weighted by molar-refractivity contribution is 7.92. The van der Waals surface area contributed by atoms with E-state index in [2.05, 4.69) is 14.9 Å². The van der Waals surface area contributed by atoms with Crippen molar-refractivity contribution in [1.29, 1.82) is 0 Å². The van der Waals surface area contributed by atoms with Gasteiger partial charge in [-0.2, -0.15) is 4.98 Å². The summed E-state index contributed by atoms with van der Waals surface area (Å²) in [6, 6.07) is 9.60. The number of aryl methyl sites for hydroxylation is 1. The number of amides is 1. The van der Waals surface area contributed by atoms with Crippen molar-refractivity contribution < 1.29 is 27.2 Å². The SMILES string of the molecule is Cc1ccc(-c2noc(C(=O)N3CCCC3)n2)cc1S(=O)(=O)Nc1ccc2c(c1)OCO2. The number of nitrogens with zero attached hydrogens (tertiary/aromatic N) is 3. The fourth-order valence-corrected chi connectivity index (χ4v) is 5.00. The molecule has 1 amide bonds. The molecule has 0 unspecified atom stereocenters. The fraction of sp³-hybridized carbons (Fsp3) is 0.286. The molecule has 0 radical (unpaired) electrons. The van der Waals surface area contributed by atoms with E-state index in [1.807, 2.05) is 0 Å². The Hall–Kier alpha value is -3.60. The van der Waals surface area contributed by atoms with Crippen molar-refractivity contribution in [3.8, 4) is 22.9 Å². The molecule has 5 rings (SSSR count). The zero-order chi connectivity index (χ0) is 22.3. The van der Waals surface area contributed by atoms with Crippen LogP contribution in [0.15, 0.2) is 45.8 Å². The first-order chi connectivity index (χ1) is 15.4. The zero-order valence-electron chi connectivity index (χ0n) is 17.2. The van der Waals surface area contributed by atoms with Gasteiger partial charge in [0.05, 0.1) is 10.6 Å². The second kappa shape index (κ2) is 7.83. The summed E-state index contributed by atoms with van der Waals surface area (Å²) in [5, 5.41) is 3.88. The van der Waals surface area contributed by atoms with Crippen LogP contribution >= 0.6 is 0 Å². The topological polar surface area (TPSA) is 124 Å². The summed E-state index contributed by atoms with van der Waals surface area (Å²) < 4.78 is 44.4. The van der Waals surface area contributed by atoms with Gasteiger partial charge in [-0.1, -0.05) is 17.3 Å². The van der Waals surface area contributed by atoms with Crippen LogP contribution in [0.3, 0.4) is 0 Å². The summed E-state index contributed by atoms with van der Waals surface area (Å²) >= 11 is 0. The molecule has 166 valence electrons. The van der Waals surface area contributed by atoms with Crippen molar-refractivity contribution in [2.45, 2.75) is 24.7 Å². The average molecular weight is 456 g/mol. The third-order valence-corrected chi connectivity index (χ3v) is 6.89. The van der Waals surface area contributed by atoms with Crippen molar-refractivity contribution in [3.05, 3.63) is 47.9 Å². The van der Waals surface area contributed by atoms with Crippen LogP contribution in [0.2, 0.25) is 0 Å². The van der Waals surface area contributed by atoms with Gasteiger partial charge in [-0.05, 0) is 43.5 Å². The molecule has 1 aromatic heterocycles. The molecule has 2 aliphatic rings. The van der Waals surface area contributed by atoms with Crippen LogP contribution < -0.4 is 14.2 Å².